The molecule has 16 heavy (non-hydrogen) atoms. The lowest BCUT2D eigenvalue weighted by Gasteiger charge is -2.09. The van der Waals surface area contributed by atoms with E-state index in [0.29, 0.717) is 24.9 Å². The van der Waals surface area contributed by atoms with Crippen LogP contribution in [0.25, 0.3) is 0 Å². The first-order valence-electron chi connectivity index (χ1n) is 5.18. The lowest BCUT2D eigenvalue weighted by molar-refractivity contribution is 0.0987. The lowest BCUT2D eigenvalue weighted by atomic mass is 10.5. The highest BCUT2D eigenvalue weighted by Gasteiger charge is 2.07. The molecular weight excluding hydrogens is 274 g/mol. The number of anilines is 1. The summed E-state index contributed by atoms with van der Waals surface area (Å²) in [4.78, 5) is 8.06. The number of hydrogen-bond donors (Lipinski definition) is 1. The van der Waals surface area contributed by atoms with Gasteiger partial charge in [0.25, 0.3) is 0 Å². The first-order chi connectivity index (χ1) is 7.79. The maximum Gasteiger partial charge on any atom is 0.233 e. The van der Waals surface area contributed by atoms with Crippen molar-refractivity contribution in [3.8, 4) is 5.88 Å². The van der Waals surface area contributed by atoms with Crippen molar-refractivity contribution in [2.45, 2.75) is 13.3 Å². The summed E-state index contributed by atoms with van der Waals surface area (Å²) in [5.41, 5.74) is 0. The Hall–Kier alpha value is -0.880. The Morgan fingerprint density at radius 2 is 2.12 bits per heavy atom. The van der Waals surface area contributed by atoms with Gasteiger partial charge in [0.1, 0.15) is 23.2 Å². The van der Waals surface area contributed by atoms with E-state index in [0.717, 1.165) is 17.5 Å². The molecule has 1 N–H and O–H groups in total. The van der Waals surface area contributed by atoms with Crippen molar-refractivity contribution in [3.05, 3.63) is 10.8 Å². The SMILES string of the molecule is CCCOCCOc1ncnc(NC)c1Br. The van der Waals surface area contributed by atoms with Crippen LogP contribution in [0.3, 0.4) is 0 Å². The molecule has 0 saturated heterocycles. The molecule has 1 heterocycles. The van der Waals surface area contributed by atoms with Gasteiger partial charge in [0.15, 0.2) is 0 Å². The van der Waals surface area contributed by atoms with Crippen molar-refractivity contribution in [2.75, 3.05) is 32.2 Å². The second kappa shape index (κ2) is 7.40. The van der Waals surface area contributed by atoms with Gasteiger partial charge in [-0.15, -0.1) is 0 Å². The standard InChI is InChI=1S/C10H16BrN3O2/c1-3-4-15-5-6-16-10-8(11)9(12-2)13-7-14-10/h7H,3-6H2,1-2H3,(H,12,13,14). The molecule has 0 bridgehead atoms. The fraction of sp³-hybridized carbons (Fsp3) is 0.600. The van der Waals surface area contributed by atoms with Gasteiger partial charge in [-0.1, -0.05) is 6.92 Å². The van der Waals surface area contributed by atoms with Gasteiger partial charge in [0, 0.05) is 13.7 Å². The van der Waals surface area contributed by atoms with Gasteiger partial charge in [0.05, 0.1) is 6.61 Å². The van der Waals surface area contributed by atoms with Crippen LogP contribution in [0.2, 0.25) is 0 Å². The Kier molecular flexibility index (Phi) is 6.10. The number of hydrogen-bond acceptors (Lipinski definition) is 5. The largest absolute Gasteiger partial charge is 0.474 e. The highest BCUT2D eigenvalue weighted by atomic mass is 79.9. The number of nitrogens with zero attached hydrogens (tertiary/aromatic N) is 2. The van der Waals surface area contributed by atoms with Crippen LogP contribution in [0.4, 0.5) is 5.82 Å². The molecule has 0 aliphatic carbocycles. The first kappa shape index (κ1) is 13.2. The highest BCUT2D eigenvalue weighted by molar-refractivity contribution is 9.10. The number of ether oxygens (including phenoxy) is 2. The Morgan fingerprint density at radius 3 is 2.81 bits per heavy atom. The fourth-order valence-electron chi connectivity index (χ4n) is 1.07. The molecule has 0 fully saturated rings. The van der Waals surface area contributed by atoms with Gasteiger partial charge in [-0.05, 0) is 22.4 Å². The van der Waals surface area contributed by atoms with E-state index in [2.05, 4.69) is 38.1 Å². The maximum atomic E-state index is 5.46. The minimum Gasteiger partial charge on any atom is -0.474 e. The normalized spacial score (nSPS) is 10.2. The van der Waals surface area contributed by atoms with E-state index < -0.39 is 0 Å². The van der Waals surface area contributed by atoms with E-state index in [1.807, 2.05) is 0 Å². The van der Waals surface area contributed by atoms with Crippen molar-refractivity contribution in [1.82, 2.24) is 9.97 Å². The highest BCUT2D eigenvalue weighted by Crippen LogP contribution is 2.27. The molecule has 0 atom stereocenters. The van der Waals surface area contributed by atoms with Gasteiger partial charge in [-0.25, -0.2) is 9.97 Å². The molecule has 90 valence electrons. The molecule has 0 amide bonds. The molecule has 6 heteroatoms. The summed E-state index contributed by atoms with van der Waals surface area (Å²) in [6.07, 6.45) is 2.47. The maximum absolute atomic E-state index is 5.46. The summed E-state index contributed by atoms with van der Waals surface area (Å²) < 4.78 is 11.5. The summed E-state index contributed by atoms with van der Waals surface area (Å²) in [5.74, 6) is 1.24. The summed E-state index contributed by atoms with van der Waals surface area (Å²) in [6.45, 7) is 3.88. The van der Waals surface area contributed by atoms with Crippen LogP contribution in [0.5, 0.6) is 5.88 Å². The average molecular weight is 290 g/mol. The van der Waals surface area contributed by atoms with Gasteiger partial charge >= 0.3 is 0 Å². The second-order valence-electron chi connectivity index (χ2n) is 3.05. The zero-order chi connectivity index (χ0) is 11.8. The van der Waals surface area contributed by atoms with E-state index in [1.165, 1.54) is 6.33 Å². The summed E-state index contributed by atoms with van der Waals surface area (Å²) in [5, 5.41) is 2.94. The van der Waals surface area contributed by atoms with Crippen LogP contribution in [-0.2, 0) is 4.74 Å². The molecule has 1 aromatic rings. The van der Waals surface area contributed by atoms with Crippen LogP contribution in [0, 0.1) is 0 Å². The number of aromatic nitrogens is 2. The predicted octanol–water partition coefficient (Wildman–Crippen LogP) is 2.09. The summed E-state index contributed by atoms with van der Waals surface area (Å²) in [6, 6.07) is 0. The van der Waals surface area contributed by atoms with Crippen molar-refractivity contribution < 1.29 is 9.47 Å². The van der Waals surface area contributed by atoms with Crippen molar-refractivity contribution >= 4 is 21.7 Å². The van der Waals surface area contributed by atoms with Crippen LogP contribution in [0.15, 0.2) is 10.8 Å². The smallest absolute Gasteiger partial charge is 0.233 e. The zero-order valence-electron chi connectivity index (χ0n) is 9.49. The van der Waals surface area contributed by atoms with Crippen LogP contribution >= 0.6 is 15.9 Å². The summed E-state index contributed by atoms with van der Waals surface area (Å²) in [7, 11) is 1.79. The van der Waals surface area contributed by atoms with E-state index >= 15 is 0 Å². The summed E-state index contributed by atoms with van der Waals surface area (Å²) >= 11 is 3.37. The Morgan fingerprint density at radius 1 is 1.31 bits per heavy atom. The lowest BCUT2D eigenvalue weighted by Crippen LogP contribution is -2.09. The van der Waals surface area contributed by atoms with E-state index in [-0.39, 0.29) is 0 Å². The molecule has 0 aliphatic rings. The van der Waals surface area contributed by atoms with Crippen LogP contribution in [-0.4, -0.2) is 36.8 Å². The van der Waals surface area contributed by atoms with Gasteiger partial charge in [-0.2, -0.15) is 0 Å². The first-order valence-corrected chi connectivity index (χ1v) is 5.97. The topological polar surface area (TPSA) is 56.3 Å². The number of nitrogens with one attached hydrogen (secondary N) is 1. The van der Waals surface area contributed by atoms with E-state index in [1.54, 1.807) is 7.05 Å². The van der Waals surface area contributed by atoms with E-state index in [9.17, 15) is 0 Å². The predicted molar refractivity (Wildman–Crippen MR) is 65.9 cm³/mol. The molecule has 0 aromatic carbocycles. The molecule has 0 spiro atoms. The van der Waals surface area contributed by atoms with Crippen LogP contribution < -0.4 is 10.1 Å². The molecular formula is C10H16BrN3O2. The Balaban J connectivity index is 2.41. The van der Waals surface area contributed by atoms with Crippen molar-refractivity contribution in [3.63, 3.8) is 0 Å². The minimum atomic E-state index is 0.485. The van der Waals surface area contributed by atoms with Gasteiger partial charge in [0.2, 0.25) is 5.88 Å². The fourth-order valence-corrected chi connectivity index (χ4v) is 1.59. The third kappa shape index (κ3) is 3.94. The van der Waals surface area contributed by atoms with Gasteiger partial charge in [-0.3, -0.25) is 0 Å². The number of halogens is 1. The van der Waals surface area contributed by atoms with Gasteiger partial charge < -0.3 is 14.8 Å². The van der Waals surface area contributed by atoms with Crippen molar-refractivity contribution in [2.24, 2.45) is 0 Å². The monoisotopic (exact) mass is 289 g/mol. The molecule has 1 aromatic heterocycles. The Bertz CT molecular complexity index is 323. The quantitative estimate of drug-likeness (QED) is 0.779. The molecule has 1 rings (SSSR count). The average Bonchev–Trinajstić information content (AvgIpc) is 2.31. The van der Waals surface area contributed by atoms with Crippen molar-refractivity contribution in [1.29, 1.82) is 0 Å². The second-order valence-corrected chi connectivity index (χ2v) is 3.85. The third-order valence-electron chi connectivity index (χ3n) is 1.81. The van der Waals surface area contributed by atoms with Crippen LogP contribution in [0.1, 0.15) is 13.3 Å². The number of rotatable bonds is 7. The molecule has 0 unspecified atom stereocenters. The zero-order valence-corrected chi connectivity index (χ0v) is 11.1. The molecule has 0 saturated carbocycles. The third-order valence-corrected chi connectivity index (χ3v) is 2.52. The minimum absolute atomic E-state index is 0.485. The molecule has 0 aliphatic heterocycles. The Labute approximate surface area is 104 Å². The molecule has 5 nitrogen and oxygen atoms in total. The van der Waals surface area contributed by atoms with E-state index in [4.69, 9.17) is 9.47 Å². The molecule has 0 radical (unpaired) electrons.